The summed E-state index contributed by atoms with van der Waals surface area (Å²) >= 11 is 0. The van der Waals surface area contributed by atoms with Crippen molar-refractivity contribution in [2.45, 2.75) is 39.3 Å². The lowest BCUT2D eigenvalue weighted by Crippen LogP contribution is -2.40. The van der Waals surface area contributed by atoms with E-state index in [0.717, 1.165) is 25.1 Å². The Bertz CT molecular complexity index is 337. The Balaban J connectivity index is 3.05. The fourth-order valence-corrected chi connectivity index (χ4v) is 2.26. The van der Waals surface area contributed by atoms with Crippen molar-refractivity contribution in [3.8, 4) is 0 Å². The minimum Gasteiger partial charge on any atom is -0.326 e. The van der Waals surface area contributed by atoms with Gasteiger partial charge in [0.1, 0.15) is 5.82 Å². The third-order valence-electron chi connectivity index (χ3n) is 3.27. The fourth-order valence-electron chi connectivity index (χ4n) is 2.26. The number of halogens is 1. The van der Waals surface area contributed by atoms with Crippen LogP contribution in [-0.2, 0) is 0 Å². The van der Waals surface area contributed by atoms with Gasteiger partial charge in [0.05, 0.1) is 0 Å². The van der Waals surface area contributed by atoms with E-state index in [4.69, 9.17) is 5.73 Å². The zero-order chi connectivity index (χ0) is 12.8. The van der Waals surface area contributed by atoms with Crippen molar-refractivity contribution in [3.63, 3.8) is 0 Å². The van der Waals surface area contributed by atoms with Crippen LogP contribution in [0, 0.1) is 5.82 Å². The van der Waals surface area contributed by atoms with Gasteiger partial charge in [-0.05, 0) is 37.2 Å². The van der Waals surface area contributed by atoms with E-state index in [-0.39, 0.29) is 17.9 Å². The van der Waals surface area contributed by atoms with Crippen LogP contribution in [0.15, 0.2) is 24.3 Å². The molecule has 0 aliphatic heterocycles. The van der Waals surface area contributed by atoms with E-state index in [2.05, 4.69) is 25.7 Å². The molecular weight excluding hydrogens is 215 g/mol. The van der Waals surface area contributed by atoms with E-state index in [1.54, 1.807) is 12.1 Å². The third kappa shape index (κ3) is 3.51. The molecule has 1 rings (SSSR count). The quantitative estimate of drug-likeness (QED) is 0.825. The molecule has 0 spiro atoms. The largest absolute Gasteiger partial charge is 0.326 e. The first kappa shape index (κ1) is 14.1. The van der Waals surface area contributed by atoms with Crippen LogP contribution in [0.3, 0.4) is 0 Å². The number of nitrogens with two attached hydrogens (primary N) is 1. The van der Waals surface area contributed by atoms with Crippen molar-refractivity contribution >= 4 is 0 Å². The van der Waals surface area contributed by atoms with Crippen molar-refractivity contribution in [2.75, 3.05) is 13.1 Å². The van der Waals surface area contributed by atoms with Gasteiger partial charge in [0.25, 0.3) is 0 Å². The number of likely N-dealkylation sites (N-methyl/N-ethyl adjacent to an activating group) is 1. The van der Waals surface area contributed by atoms with Crippen LogP contribution in [0.1, 0.15) is 38.8 Å². The minimum atomic E-state index is -0.192. The van der Waals surface area contributed by atoms with E-state index < -0.39 is 0 Å². The summed E-state index contributed by atoms with van der Waals surface area (Å²) in [4.78, 5) is 2.28. The summed E-state index contributed by atoms with van der Waals surface area (Å²) in [6.45, 7) is 8.13. The molecule has 0 aromatic heterocycles. The van der Waals surface area contributed by atoms with Gasteiger partial charge in [-0.1, -0.05) is 32.9 Å². The van der Waals surface area contributed by atoms with Gasteiger partial charge in [0.2, 0.25) is 0 Å². The minimum absolute atomic E-state index is 0.0386. The zero-order valence-electron chi connectivity index (χ0n) is 11.0. The fraction of sp³-hybridized carbons (Fsp3) is 0.571. The van der Waals surface area contributed by atoms with E-state index in [9.17, 15) is 4.39 Å². The average molecular weight is 238 g/mol. The topological polar surface area (TPSA) is 29.3 Å². The molecule has 0 aliphatic rings. The molecular formula is C14H23FN2. The van der Waals surface area contributed by atoms with E-state index in [1.165, 1.54) is 6.07 Å². The molecule has 0 saturated carbocycles. The highest BCUT2D eigenvalue weighted by molar-refractivity contribution is 5.22. The molecule has 1 aromatic rings. The molecule has 2 nitrogen and oxygen atoms in total. The molecule has 0 aliphatic carbocycles. The molecule has 3 heteroatoms. The molecule has 17 heavy (non-hydrogen) atoms. The predicted octanol–water partition coefficient (Wildman–Crippen LogP) is 2.95. The second-order valence-electron chi connectivity index (χ2n) is 4.29. The number of hydrogen-bond acceptors (Lipinski definition) is 2. The Kier molecular flexibility index (Phi) is 5.59. The van der Waals surface area contributed by atoms with Gasteiger partial charge in [-0.15, -0.1) is 0 Å². The smallest absolute Gasteiger partial charge is 0.123 e. The number of nitrogens with zero attached hydrogens (tertiary/aromatic N) is 1. The number of rotatable bonds is 6. The molecule has 1 aromatic carbocycles. The van der Waals surface area contributed by atoms with E-state index in [0.29, 0.717) is 0 Å². The summed E-state index contributed by atoms with van der Waals surface area (Å²) < 4.78 is 13.3. The van der Waals surface area contributed by atoms with Crippen LogP contribution in [0.2, 0.25) is 0 Å². The molecule has 0 radical (unpaired) electrons. The third-order valence-corrected chi connectivity index (χ3v) is 3.27. The standard InChI is InChI=1S/C14H23FN2/c1-4-13(16)14(17(5-2)6-3)11-8-7-9-12(15)10-11/h7-10,13-14H,4-6,16H2,1-3H3. The Hall–Kier alpha value is -0.930. The molecule has 0 heterocycles. The summed E-state index contributed by atoms with van der Waals surface area (Å²) in [6.07, 6.45) is 0.887. The maximum absolute atomic E-state index is 13.3. The Morgan fingerprint density at radius 2 is 1.88 bits per heavy atom. The van der Waals surface area contributed by atoms with Crippen LogP contribution in [0.25, 0.3) is 0 Å². The van der Waals surface area contributed by atoms with Crippen LogP contribution in [-0.4, -0.2) is 24.0 Å². The maximum atomic E-state index is 13.3. The first-order chi connectivity index (χ1) is 8.13. The van der Waals surface area contributed by atoms with Gasteiger partial charge in [0, 0.05) is 12.1 Å². The molecule has 0 bridgehead atoms. The lowest BCUT2D eigenvalue weighted by Gasteiger charge is -2.34. The second-order valence-corrected chi connectivity index (χ2v) is 4.29. The monoisotopic (exact) mass is 238 g/mol. The van der Waals surface area contributed by atoms with Crippen molar-refractivity contribution in [1.82, 2.24) is 4.90 Å². The normalized spacial score (nSPS) is 14.9. The summed E-state index contributed by atoms with van der Waals surface area (Å²) in [5.74, 6) is -0.192. The first-order valence-corrected chi connectivity index (χ1v) is 6.39. The van der Waals surface area contributed by atoms with Crippen molar-refractivity contribution in [2.24, 2.45) is 5.73 Å². The molecule has 0 saturated heterocycles. The van der Waals surface area contributed by atoms with Crippen LogP contribution >= 0.6 is 0 Å². The van der Waals surface area contributed by atoms with Crippen molar-refractivity contribution in [3.05, 3.63) is 35.6 Å². The summed E-state index contributed by atoms with van der Waals surface area (Å²) in [5, 5.41) is 0. The highest BCUT2D eigenvalue weighted by Crippen LogP contribution is 2.25. The predicted molar refractivity (Wildman–Crippen MR) is 70.3 cm³/mol. The molecule has 2 N–H and O–H groups in total. The molecule has 96 valence electrons. The summed E-state index contributed by atoms with van der Waals surface area (Å²) in [7, 11) is 0. The SMILES string of the molecule is CCC(N)C(c1cccc(F)c1)N(CC)CC. The zero-order valence-corrected chi connectivity index (χ0v) is 11.0. The second kappa shape index (κ2) is 6.72. The lowest BCUT2D eigenvalue weighted by atomic mass is 9.96. The van der Waals surface area contributed by atoms with Crippen LogP contribution in [0.4, 0.5) is 4.39 Å². The highest BCUT2D eigenvalue weighted by Gasteiger charge is 2.23. The highest BCUT2D eigenvalue weighted by atomic mass is 19.1. The summed E-state index contributed by atoms with van der Waals surface area (Å²) in [6, 6.07) is 6.92. The molecule has 0 amide bonds. The van der Waals surface area contributed by atoms with Crippen molar-refractivity contribution in [1.29, 1.82) is 0 Å². The van der Waals surface area contributed by atoms with Crippen LogP contribution in [0.5, 0.6) is 0 Å². The number of benzene rings is 1. The molecule has 2 unspecified atom stereocenters. The van der Waals surface area contributed by atoms with Gasteiger partial charge < -0.3 is 5.73 Å². The van der Waals surface area contributed by atoms with Crippen LogP contribution < -0.4 is 5.73 Å². The van der Waals surface area contributed by atoms with Gasteiger partial charge in [-0.2, -0.15) is 0 Å². The van der Waals surface area contributed by atoms with Crippen molar-refractivity contribution < 1.29 is 4.39 Å². The van der Waals surface area contributed by atoms with Gasteiger partial charge in [0.15, 0.2) is 0 Å². The van der Waals surface area contributed by atoms with Gasteiger partial charge in [-0.3, -0.25) is 4.90 Å². The molecule has 2 atom stereocenters. The lowest BCUT2D eigenvalue weighted by molar-refractivity contribution is 0.187. The Labute approximate surface area is 104 Å². The van der Waals surface area contributed by atoms with E-state index >= 15 is 0 Å². The molecule has 0 fully saturated rings. The first-order valence-electron chi connectivity index (χ1n) is 6.39. The Morgan fingerprint density at radius 1 is 1.24 bits per heavy atom. The Morgan fingerprint density at radius 3 is 2.35 bits per heavy atom. The maximum Gasteiger partial charge on any atom is 0.123 e. The van der Waals surface area contributed by atoms with Gasteiger partial charge in [-0.25, -0.2) is 4.39 Å². The van der Waals surface area contributed by atoms with E-state index in [1.807, 2.05) is 6.07 Å². The van der Waals surface area contributed by atoms with Gasteiger partial charge >= 0.3 is 0 Å². The number of hydrogen-bond donors (Lipinski definition) is 1. The average Bonchev–Trinajstić information content (AvgIpc) is 2.34. The summed E-state index contributed by atoms with van der Waals surface area (Å²) in [5.41, 5.74) is 7.16.